The van der Waals surface area contributed by atoms with Gasteiger partial charge in [-0.25, -0.2) is 0 Å². The molecule has 1 atom stereocenters. The number of benzene rings is 1. The van der Waals surface area contributed by atoms with E-state index >= 15 is 0 Å². The van der Waals surface area contributed by atoms with E-state index in [0.717, 1.165) is 6.54 Å². The van der Waals surface area contributed by atoms with E-state index in [4.69, 9.17) is 0 Å². The highest BCUT2D eigenvalue weighted by Gasteiger charge is 2.12. The van der Waals surface area contributed by atoms with Crippen LogP contribution in [0.5, 0.6) is 0 Å². The number of rotatable bonds is 6. The molecule has 1 aromatic rings. The van der Waals surface area contributed by atoms with E-state index in [1.54, 1.807) is 0 Å². The van der Waals surface area contributed by atoms with E-state index in [0.29, 0.717) is 6.04 Å². The summed E-state index contributed by atoms with van der Waals surface area (Å²) < 4.78 is 1.17. The molecule has 0 spiro atoms. The molecule has 1 nitrogen and oxygen atoms in total. The molecular weight excluding hydrogens is 262 g/mol. The molecule has 1 rings (SSSR count). The van der Waals surface area contributed by atoms with Gasteiger partial charge in [0.1, 0.15) is 0 Å². The lowest BCUT2D eigenvalue weighted by atomic mass is 9.97. The van der Waals surface area contributed by atoms with Gasteiger partial charge in [0.15, 0.2) is 0 Å². The normalized spacial score (nSPS) is 12.8. The average Bonchev–Trinajstić information content (AvgIpc) is 2.28. The lowest BCUT2D eigenvalue weighted by molar-refractivity contribution is 0.493. The highest BCUT2D eigenvalue weighted by atomic mass is 79.9. The minimum atomic E-state index is 0.502. The Bertz CT molecular complexity index is 323. The van der Waals surface area contributed by atoms with E-state index in [1.165, 1.54) is 34.9 Å². The maximum absolute atomic E-state index is 3.58. The zero-order valence-corrected chi connectivity index (χ0v) is 12.1. The number of unbranched alkanes of at least 4 members (excludes halogenated alkanes) is 1. The SMILES string of the molecule is CCCCC(NCC)c1cc(Br)ccc1C. The van der Waals surface area contributed by atoms with Gasteiger partial charge in [0, 0.05) is 10.5 Å². The van der Waals surface area contributed by atoms with Gasteiger partial charge in [-0.15, -0.1) is 0 Å². The van der Waals surface area contributed by atoms with Crippen LogP contribution in [0.15, 0.2) is 22.7 Å². The van der Waals surface area contributed by atoms with Gasteiger partial charge < -0.3 is 5.32 Å². The second-order valence-electron chi connectivity index (χ2n) is 4.25. The van der Waals surface area contributed by atoms with Gasteiger partial charge in [-0.05, 0) is 43.1 Å². The highest BCUT2D eigenvalue weighted by molar-refractivity contribution is 9.10. The minimum absolute atomic E-state index is 0.502. The van der Waals surface area contributed by atoms with Gasteiger partial charge in [0.25, 0.3) is 0 Å². The first-order chi connectivity index (χ1) is 7.69. The molecule has 1 unspecified atom stereocenters. The van der Waals surface area contributed by atoms with E-state index in [1.807, 2.05) is 0 Å². The summed E-state index contributed by atoms with van der Waals surface area (Å²) in [7, 11) is 0. The van der Waals surface area contributed by atoms with E-state index < -0.39 is 0 Å². The first kappa shape index (κ1) is 13.7. The molecule has 0 aromatic heterocycles. The molecule has 0 amide bonds. The predicted octanol–water partition coefficient (Wildman–Crippen LogP) is 4.60. The molecule has 2 heteroatoms. The van der Waals surface area contributed by atoms with Crippen molar-refractivity contribution < 1.29 is 0 Å². The summed E-state index contributed by atoms with van der Waals surface area (Å²) in [4.78, 5) is 0. The molecule has 0 aliphatic heterocycles. The number of nitrogens with one attached hydrogen (secondary N) is 1. The van der Waals surface area contributed by atoms with Crippen LogP contribution in [0, 0.1) is 6.92 Å². The van der Waals surface area contributed by atoms with Crippen molar-refractivity contribution in [3.63, 3.8) is 0 Å². The molecule has 0 bridgehead atoms. The number of aryl methyl sites for hydroxylation is 1. The monoisotopic (exact) mass is 283 g/mol. The van der Waals surface area contributed by atoms with Crippen molar-refractivity contribution in [3.8, 4) is 0 Å². The van der Waals surface area contributed by atoms with E-state index in [2.05, 4.69) is 60.2 Å². The van der Waals surface area contributed by atoms with Crippen LogP contribution in [0.1, 0.15) is 50.3 Å². The summed E-state index contributed by atoms with van der Waals surface area (Å²) in [6.07, 6.45) is 3.76. The fourth-order valence-electron chi connectivity index (χ4n) is 2.01. The van der Waals surface area contributed by atoms with Gasteiger partial charge >= 0.3 is 0 Å². The van der Waals surface area contributed by atoms with Crippen LogP contribution in [0.25, 0.3) is 0 Å². The molecular formula is C14H22BrN. The van der Waals surface area contributed by atoms with Crippen LogP contribution in [0.2, 0.25) is 0 Å². The molecule has 0 aliphatic rings. The largest absolute Gasteiger partial charge is 0.310 e. The van der Waals surface area contributed by atoms with Gasteiger partial charge in [0.2, 0.25) is 0 Å². The molecule has 0 heterocycles. The second-order valence-corrected chi connectivity index (χ2v) is 5.17. The zero-order valence-electron chi connectivity index (χ0n) is 10.5. The maximum atomic E-state index is 3.58. The number of hydrogen-bond acceptors (Lipinski definition) is 1. The van der Waals surface area contributed by atoms with Crippen LogP contribution < -0.4 is 5.32 Å². The van der Waals surface area contributed by atoms with Crippen molar-refractivity contribution in [2.45, 2.75) is 46.1 Å². The summed E-state index contributed by atoms with van der Waals surface area (Å²) in [6, 6.07) is 7.05. The summed E-state index contributed by atoms with van der Waals surface area (Å²) in [5.74, 6) is 0. The molecule has 16 heavy (non-hydrogen) atoms. The van der Waals surface area contributed by atoms with Crippen molar-refractivity contribution in [2.75, 3.05) is 6.54 Å². The quantitative estimate of drug-likeness (QED) is 0.805. The van der Waals surface area contributed by atoms with E-state index in [9.17, 15) is 0 Å². The average molecular weight is 284 g/mol. The third-order valence-corrected chi connectivity index (χ3v) is 3.41. The third-order valence-electron chi connectivity index (χ3n) is 2.91. The number of halogens is 1. The van der Waals surface area contributed by atoms with Gasteiger partial charge in [0.05, 0.1) is 0 Å². The second kappa shape index (κ2) is 7.08. The van der Waals surface area contributed by atoms with Crippen molar-refractivity contribution >= 4 is 15.9 Å². The molecule has 0 aliphatic carbocycles. The smallest absolute Gasteiger partial charge is 0.0323 e. The van der Waals surface area contributed by atoms with Crippen LogP contribution in [0.3, 0.4) is 0 Å². The van der Waals surface area contributed by atoms with Gasteiger partial charge in [-0.2, -0.15) is 0 Å². The first-order valence-electron chi connectivity index (χ1n) is 6.18. The summed E-state index contributed by atoms with van der Waals surface area (Å²) in [5, 5.41) is 3.58. The van der Waals surface area contributed by atoms with Crippen molar-refractivity contribution in [1.82, 2.24) is 5.32 Å². The summed E-state index contributed by atoms with van der Waals surface area (Å²) in [6.45, 7) is 7.64. The molecule has 0 radical (unpaired) electrons. The Morgan fingerprint density at radius 3 is 2.69 bits per heavy atom. The Kier molecular flexibility index (Phi) is 6.07. The molecule has 1 N–H and O–H groups in total. The Labute approximate surface area is 108 Å². The fraction of sp³-hybridized carbons (Fsp3) is 0.571. The zero-order chi connectivity index (χ0) is 12.0. The fourth-order valence-corrected chi connectivity index (χ4v) is 2.39. The molecule has 0 fully saturated rings. The van der Waals surface area contributed by atoms with Gasteiger partial charge in [-0.1, -0.05) is 48.7 Å². The topological polar surface area (TPSA) is 12.0 Å². The minimum Gasteiger partial charge on any atom is -0.310 e. The van der Waals surface area contributed by atoms with Crippen LogP contribution in [-0.2, 0) is 0 Å². The van der Waals surface area contributed by atoms with E-state index in [-0.39, 0.29) is 0 Å². The standard InChI is InChI=1S/C14H22BrN/c1-4-6-7-14(16-5-2)13-10-12(15)9-8-11(13)3/h8-10,14,16H,4-7H2,1-3H3. The third kappa shape index (κ3) is 3.91. The highest BCUT2D eigenvalue weighted by Crippen LogP contribution is 2.25. The van der Waals surface area contributed by atoms with Crippen molar-refractivity contribution in [2.24, 2.45) is 0 Å². The Morgan fingerprint density at radius 2 is 2.06 bits per heavy atom. The Hall–Kier alpha value is -0.340. The lowest BCUT2D eigenvalue weighted by Crippen LogP contribution is -2.21. The van der Waals surface area contributed by atoms with Crippen LogP contribution in [0.4, 0.5) is 0 Å². The van der Waals surface area contributed by atoms with Crippen LogP contribution in [-0.4, -0.2) is 6.54 Å². The molecule has 1 aromatic carbocycles. The Balaban J connectivity index is 2.85. The molecule has 90 valence electrons. The Morgan fingerprint density at radius 1 is 1.31 bits per heavy atom. The maximum Gasteiger partial charge on any atom is 0.0323 e. The summed E-state index contributed by atoms with van der Waals surface area (Å²) >= 11 is 3.56. The molecule has 0 saturated carbocycles. The lowest BCUT2D eigenvalue weighted by Gasteiger charge is -2.20. The van der Waals surface area contributed by atoms with Crippen molar-refractivity contribution in [1.29, 1.82) is 0 Å². The first-order valence-corrected chi connectivity index (χ1v) is 6.97. The van der Waals surface area contributed by atoms with Gasteiger partial charge in [-0.3, -0.25) is 0 Å². The summed E-state index contributed by atoms with van der Waals surface area (Å²) in [5.41, 5.74) is 2.81. The van der Waals surface area contributed by atoms with Crippen LogP contribution >= 0.6 is 15.9 Å². The molecule has 0 saturated heterocycles. The number of hydrogen-bond donors (Lipinski definition) is 1. The van der Waals surface area contributed by atoms with Crippen molar-refractivity contribution in [3.05, 3.63) is 33.8 Å². The predicted molar refractivity (Wildman–Crippen MR) is 74.8 cm³/mol.